The maximum atomic E-state index is 12.1. The van der Waals surface area contributed by atoms with Crippen LogP contribution in [-0.4, -0.2) is 35.3 Å². The number of nitrogens with zero attached hydrogens (tertiary/aromatic N) is 4. The lowest BCUT2D eigenvalue weighted by atomic mass is 9.84. The van der Waals surface area contributed by atoms with E-state index >= 15 is 0 Å². The van der Waals surface area contributed by atoms with Crippen molar-refractivity contribution in [1.82, 2.24) is 15.1 Å². The number of nitrogens with one attached hydrogen (secondary N) is 1. The van der Waals surface area contributed by atoms with Gasteiger partial charge in [0.05, 0.1) is 23.7 Å². The van der Waals surface area contributed by atoms with Gasteiger partial charge in [-0.25, -0.2) is 4.68 Å². The van der Waals surface area contributed by atoms with Crippen molar-refractivity contribution in [3.05, 3.63) is 52.5 Å². The van der Waals surface area contributed by atoms with E-state index < -0.39 is 0 Å². The summed E-state index contributed by atoms with van der Waals surface area (Å²) < 4.78 is 7.49. The second-order valence-corrected chi connectivity index (χ2v) is 6.86. The van der Waals surface area contributed by atoms with Gasteiger partial charge in [0, 0.05) is 25.3 Å². The largest absolute Gasteiger partial charge is 0.422 e. The lowest BCUT2D eigenvalue weighted by Crippen LogP contribution is -2.48. The Labute approximate surface area is 163 Å². The van der Waals surface area contributed by atoms with E-state index in [1.807, 2.05) is 38.1 Å². The lowest BCUT2D eigenvalue weighted by molar-refractivity contribution is -0.118. The van der Waals surface area contributed by atoms with Crippen molar-refractivity contribution in [3.63, 3.8) is 0 Å². The molecule has 28 heavy (non-hydrogen) atoms. The van der Waals surface area contributed by atoms with Gasteiger partial charge in [0.2, 0.25) is 17.7 Å². The monoisotopic (exact) mass is 378 g/mol. The van der Waals surface area contributed by atoms with Gasteiger partial charge in [-0.05, 0) is 31.5 Å². The summed E-state index contributed by atoms with van der Waals surface area (Å²) in [5, 5.41) is 17.3. The van der Waals surface area contributed by atoms with Crippen LogP contribution in [0.4, 0.5) is 5.69 Å². The summed E-state index contributed by atoms with van der Waals surface area (Å²) in [5.74, 6) is 0.398. The summed E-state index contributed by atoms with van der Waals surface area (Å²) in [6, 6.07) is 9.92. The number of carbonyl (C=O) groups is 1. The molecule has 0 bridgehead atoms. The van der Waals surface area contributed by atoms with Crippen LogP contribution in [0.3, 0.4) is 0 Å². The van der Waals surface area contributed by atoms with E-state index in [1.54, 1.807) is 9.58 Å². The fourth-order valence-corrected chi connectivity index (χ4v) is 3.85. The Bertz CT molecular complexity index is 999. The smallest absolute Gasteiger partial charge is 0.240 e. The molecule has 0 saturated carbocycles. The molecule has 3 N–H and O–H groups in total. The molecule has 2 aromatic rings. The topological polar surface area (TPSA) is 109 Å². The minimum atomic E-state index is -0.346. The quantitative estimate of drug-likeness (QED) is 0.835. The first kappa shape index (κ1) is 18.1. The van der Waals surface area contributed by atoms with Crippen LogP contribution < -0.4 is 20.7 Å². The lowest BCUT2D eigenvalue weighted by Gasteiger charge is -2.28. The van der Waals surface area contributed by atoms with Gasteiger partial charge in [0.1, 0.15) is 11.6 Å². The molecule has 1 atom stereocenters. The van der Waals surface area contributed by atoms with Gasteiger partial charge in [-0.3, -0.25) is 4.79 Å². The predicted molar refractivity (Wildman–Crippen MR) is 104 cm³/mol. The first-order valence-corrected chi connectivity index (χ1v) is 9.31. The van der Waals surface area contributed by atoms with E-state index in [-0.39, 0.29) is 17.7 Å². The fourth-order valence-electron chi connectivity index (χ4n) is 3.85. The summed E-state index contributed by atoms with van der Waals surface area (Å²) in [6.07, 6.45) is 0. The summed E-state index contributed by atoms with van der Waals surface area (Å²) in [6.45, 7) is 6.28. The number of hydrogen-bond acceptors (Lipinski definition) is 6. The van der Waals surface area contributed by atoms with Crippen LogP contribution in [0.5, 0.6) is 5.88 Å². The first-order valence-electron chi connectivity index (χ1n) is 9.31. The summed E-state index contributed by atoms with van der Waals surface area (Å²) in [4.78, 5) is 13.9. The number of aromatic nitrogens is 2. The van der Waals surface area contributed by atoms with Crippen molar-refractivity contribution in [2.45, 2.75) is 26.3 Å². The molecule has 1 amide bonds. The van der Waals surface area contributed by atoms with Gasteiger partial charge in [0.25, 0.3) is 0 Å². The molecule has 144 valence electrons. The van der Waals surface area contributed by atoms with Crippen molar-refractivity contribution < 1.29 is 9.53 Å². The molecule has 8 heteroatoms. The highest BCUT2D eigenvalue weighted by Gasteiger charge is 2.35. The number of benzene rings is 1. The van der Waals surface area contributed by atoms with E-state index in [0.29, 0.717) is 31.1 Å². The zero-order valence-electron chi connectivity index (χ0n) is 15.9. The number of ether oxygens (including phenoxy) is 1. The highest BCUT2D eigenvalue weighted by molar-refractivity contribution is 5.95. The van der Waals surface area contributed by atoms with E-state index in [9.17, 15) is 10.1 Å². The van der Waals surface area contributed by atoms with Crippen LogP contribution in [0.2, 0.25) is 0 Å². The average Bonchev–Trinajstić information content (AvgIpc) is 3.02. The third-order valence-corrected chi connectivity index (χ3v) is 5.22. The highest BCUT2D eigenvalue weighted by atomic mass is 16.5. The molecule has 2 aliphatic rings. The second-order valence-electron chi connectivity index (χ2n) is 6.86. The van der Waals surface area contributed by atoms with E-state index in [0.717, 1.165) is 29.1 Å². The van der Waals surface area contributed by atoms with Crippen molar-refractivity contribution in [2.75, 3.05) is 24.5 Å². The Hall–Kier alpha value is -3.31. The summed E-state index contributed by atoms with van der Waals surface area (Å²) in [5.41, 5.74) is 9.86. The Morgan fingerprint density at radius 3 is 2.79 bits per heavy atom. The number of carbonyl (C=O) groups excluding carboxylic acids is 1. The van der Waals surface area contributed by atoms with Gasteiger partial charge >= 0.3 is 0 Å². The summed E-state index contributed by atoms with van der Waals surface area (Å²) in [7, 11) is 0. The van der Waals surface area contributed by atoms with Crippen LogP contribution in [0.15, 0.2) is 35.7 Å². The third-order valence-electron chi connectivity index (χ3n) is 5.22. The minimum Gasteiger partial charge on any atom is -0.422 e. The molecule has 1 unspecified atom stereocenters. The van der Waals surface area contributed by atoms with E-state index in [1.165, 1.54) is 0 Å². The molecule has 0 radical (unpaired) electrons. The molecular formula is C20H22N6O2. The molecule has 0 aliphatic carbocycles. The maximum Gasteiger partial charge on any atom is 0.240 e. The molecule has 1 fully saturated rings. The van der Waals surface area contributed by atoms with Gasteiger partial charge in [-0.2, -0.15) is 10.4 Å². The van der Waals surface area contributed by atoms with Gasteiger partial charge in [0.15, 0.2) is 0 Å². The number of nitrogens with two attached hydrogens (primary N) is 1. The Kier molecular flexibility index (Phi) is 4.53. The maximum absolute atomic E-state index is 12.1. The standard InChI is InChI=1S/C20H22N6O2/c1-3-26-20-17(12(2)24-26)18(15(10-21)19(22)28-20)13-4-6-14(7-5-13)25-9-8-23-11-16(25)27/h4-7,18,23H,3,8-9,11,22H2,1-2H3. The SMILES string of the molecule is CCn1nc(C)c2c1OC(N)=C(C#N)C2c1ccc(N2CCNCC2=O)cc1. The number of amides is 1. The normalized spacial score (nSPS) is 19.2. The van der Waals surface area contributed by atoms with Crippen molar-refractivity contribution in [3.8, 4) is 11.9 Å². The Balaban J connectivity index is 1.76. The molecule has 4 rings (SSSR count). The molecular weight excluding hydrogens is 356 g/mol. The van der Waals surface area contributed by atoms with E-state index in [2.05, 4.69) is 16.5 Å². The first-order chi connectivity index (χ1) is 13.5. The van der Waals surface area contributed by atoms with Crippen molar-refractivity contribution in [2.24, 2.45) is 5.73 Å². The minimum absolute atomic E-state index is 0.0503. The van der Waals surface area contributed by atoms with Crippen molar-refractivity contribution >= 4 is 11.6 Å². The van der Waals surface area contributed by atoms with E-state index in [4.69, 9.17) is 10.5 Å². The third kappa shape index (κ3) is 2.80. The molecule has 0 spiro atoms. The number of hydrogen-bond donors (Lipinski definition) is 2. The molecule has 1 aromatic carbocycles. The summed E-state index contributed by atoms with van der Waals surface area (Å²) >= 11 is 0. The second kappa shape index (κ2) is 7.02. The molecule has 8 nitrogen and oxygen atoms in total. The molecule has 3 heterocycles. The molecule has 2 aliphatic heterocycles. The van der Waals surface area contributed by atoms with Crippen LogP contribution >= 0.6 is 0 Å². The van der Waals surface area contributed by atoms with Gasteiger partial charge in [-0.15, -0.1) is 0 Å². The van der Waals surface area contributed by atoms with Gasteiger partial charge in [-0.1, -0.05) is 12.1 Å². The fraction of sp³-hybridized carbons (Fsp3) is 0.350. The predicted octanol–water partition coefficient (Wildman–Crippen LogP) is 1.37. The number of aryl methyl sites for hydroxylation is 2. The molecule has 1 aromatic heterocycles. The highest BCUT2D eigenvalue weighted by Crippen LogP contribution is 2.44. The molecule has 1 saturated heterocycles. The van der Waals surface area contributed by atoms with Crippen LogP contribution in [0, 0.1) is 18.3 Å². The Morgan fingerprint density at radius 1 is 1.39 bits per heavy atom. The zero-order valence-corrected chi connectivity index (χ0v) is 15.9. The number of anilines is 1. The Morgan fingerprint density at radius 2 is 2.14 bits per heavy atom. The van der Waals surface area contributed by atoms with Crippen molar-refractivity contribution in [1.29, 1.82) is 5.26 Å². The average molecular weight is 378 g/mol. The van der Waals surface area contributed by atoms with Crippen LogP contribution in [-0.2, 0) is 11.3 Å². The number of fused-ring (bicyclic) bond motifs is 1. The number of rotatable bonds is 3. The number of piperazine rings is 1. The number of nitriles is 1. The zero-order chi connectivity index (χ0) is 19.8. The van der Waals surface area contributed by atoms with Gasteiger partial charge < -0.3 is 20.7 Å². The van der Waals surface area contributed by atoms with Crippen LogP contribution in [0.25, 0.3) is 0 Å². The number of allylic oxidation sites excluding steroid dienone is 1. The van der Waals surface area contributed by atoms with Crippen LogP contribution in [0.1, 0.15) is 29.7 Å².